The zero-order valence-corrected chi connectivity index (χ0v) is 16.1. The highest BCUT2D eigenvalue weighted by Crippen LogP contribution is 2.34. The number of aromatic nitrogens is 2. The van der Waals surface area contributed by atoms with Gasteiger partial charge < -0.3 is 24.4 Å². The van der Waals surface area contributed by atoms with Crippen LogP contribution in [0.4, 0.5) is 4.79 Å². The Morgan fingerprint density at radius 1 is 1.21 bits per heavy atom. The van der Waals surface area contributed by atoms with E-state index in [1.807, 2.05) is 42.6 Å². The van der Waals surface area contributed by atoms with Crippen molar-refractivity contribution in [1.29, 1.82) is 0 Å². The Balaban J connectivity index is 1.21. The van der Waals surface area contributed by atoms with Crippen LogP contribution in [-0.2, 0) is 6.54 Å². The van der Waals surface area contributed by atoms with Crippen LogP contribution in [0, 0.1) is 0 Å². The molecular formula is C21H22N4O4. The predicted molar refractivity (Wildman–Crippen MR) is 106 cm³/mol. The average molecular weight is 394 g/mol. The number of para-hydroxylation sites is 1. The molecule has 0 atom stereocenters. The number of benzene rings is 2. The molecule has 0 spiro atoms. The summed E-state index contributed by atoms with van der Waals surface area (Å²) in [6, 6.07) is 15.1. The number of hydrogen-bond acceptors (Lipinski definition) is 5. The molecule has 2 heterocycles. The van der Waals surface area contributed by atoms with Gasteiger partial charge in [0.2, 0.25) is 6.79 Å². The van der Waals surface area contributed by atoms with Gasteiger partial charge in [0.1, 0.15) is 12.4 Å². The molecule has 29 heavy (non-hydrogen) atoms. The molecule has 0 radical (unpaired) electrons. The van der Waals surface area contributed by atoms with Crippen molar-refractivity contribution in [2.45, 2.75) is 6.54 Å². The molecule has 0 bridgehead atoms. The van der Waals surface area contributed by atoms with Crippen molar-refractivity contribution < 1.29 is 19.0 Å². The fraction of sp³-hybridized carbons (Fsp3) is 0.238. The van der Waals surface area contributed by atoms with Crippen LogP contribution in [0.5, 0.6) is 17.2 Å². The fourth-order valence-corrected chi connectivity index (χ4v) is 2.94. The lowest BCUT2D eigenvalue weighted by Gasteiger charge is -2.17. The van der Waals surface area contributed by atoms with Crippen molar-refractivity contribution in [1.82, 2.24) is 20.0 Å². The molecule has 1 aliphatic rings. The van der Waals surface area contributed by atoms with Gasteiger partial charge in [0, 0.05) is 24.9 Å². The smallest absolute Gasteiger partial charge is 0.317 e. The molecule has 0 unspecified atom stereocenters. The van der Waals surface area contributed by atoms with Crippen LogP contribution in [0.3, 0.4) is 0 Å². The molecule has 0 saturated heterocycles. The van der Waals surface area contributed by atoms with Crippen LogP contribution < -0.4 is 19.5 Å². The zero-order chi connectivity index (χ0) is 20.1. The van der Waals surface area contributed by atoms with E-state index in [2.05, 4.69) is 10.4 Å². The monoisotopic (exact) mass is 394 g/mol. The third-order valence-electron chi connectivity index (χ3n) is 4.41. The molecule has 0 fully saturated rings. The number of amides is 2. The van der Waals surface area contributed by atoms with Gasteiger partial charge >= 0.3 is 6.03 Å². The minimum absolute atomic E-state index is 0.174. The van der Waals surface area contributed by atoms with Crippen molar-refractivity contribution >= 4 is 6.03 Å². The molecule has 2 aromatic carbocycles. The predicted octanol–water partition coefficient (Wildman–Crippen LogP) is 2.82. The van der Waals surface area contributed by atoms with Crippen molar-refractivity contribution in [2.75, 3.05) is 27.0 Å². The Morgan fingerprint density at radius 3 is 2.90 bits per heavy atom. The lowest BCUT2D eigenvalue weighted by Crippen LogP contribution is -2.38. The summed E-state index contributed by atoms with van der Waals surface area (Å²) >= 11 is 0. The highest BCUT2D eigenvalue weighted by atomic mass is 16.7. The first-order valence-electron chi connectivity index (χ1n) is 9.29. The zero-order valence-electron chi connectivity index (χ0n) is 16.1. The topological polar surface area (TPSA) is 77.9 Å². The molecule has 4 rings (SSSR count). The highest BCUT2D eigenvalue weighted by Gasteiger charge is 2.14. The van der Waals surface area contributed by atoms with Gasteiger partial charge in [-0.15, -0.1) is 0 Å². The lowest BCUT2D eigenvalue weighted by molar-refractivity contribution is 0.173. The maximum atomic E-state index is 12.3. The van der Waals surface area contributed by atoms with Crippen molar-refractivity contribution in [3.63, 3.8) is 0 Å². The number of nitrogens with zero attached hydrogens (tertiary/aromatic N) is 3. The summed E-state index contributed by atoms with van der Waals surface area (Å²) in [6.07, 6.45) is 3.68. The molecule has 0 aliphatic carbocycles. The van der Waals surface area contributed by atoms with Gasteiger partial charge in [0.25, 0.3) is 0 Å². The average Bonchev–Trinajstić information content (AvgIpc) is 3.40. The number of hydrogen-bond donors (Lipinski definition) is 1. The van der Waals surface area contributed by atoms with Crippen LogP contribution in [0.2, 0.25) is 0 Å². The van der Waals surface area contributed by atoms with Crippen LogP contribution in [0.15, 0.2) is 60.9 Å². The quantitative estimate of drug-likeness (QED) is 0.624. The summed E-state index contributed by atoms with van der Waals surface area (Å²) in [5.41, 5.74) is 1.93. The summed E-state index contributed by atoms with van der Waals surface area (Å²) in [7, 11) is 1.74. The summed E-state index contributed by atoms with van der Waals surface area (Å²) in [5, 5.41) is 7.19. The molecule has 8 heteroatoms. The Kier molecular flexibility index (Phi) is 5.51. The second-order valence-electron chi connectivity index (χ2n) is 6.58. The first-order chi connectivity index (χ1) is 14.2. The van der Waals surface area contributed by atoms with Gasteiger partial charge in [-0.2, -0.15) is 5.10 Å². The van der Waals surface area contributed by atoms with Crippen molar-refractivity contribution in [2.24, 2.45) is 0 Å². The number of carbonyl (C=O) groups is 1. The number of carbonyl (C=O) groups excluding carboxylic acids is 1. The van der Waals surface area contributed by atoms with Gasteiger partial charge in [-0.25, -0.2) is 9.48 Å². The largest absolute Gasteiger partial charge is 0.492 e. The van der Waals surface area contributed by atoms with E-state index < -0.39 is 0 Å². The third kappa shape index (κ3) is 4.60. The summed E-state index contributed by atoms with van der Waals surface area (Å²) in [6.45, 7) is 1.43. The Hall–Kier alpha value is -3.68. The maximum Gasteiger partial charge on any atom is 0.317 e. The Morgan fingerprint density at radius 2 is 2.03 bits per heavy atom. The van der Waals surface area contributed by atoms with E-state index >= 15 is 0 Å². The maximum absolute atomic E-state index is 12.3. The molecule has 2 amide bonds. The second-order valence-corrected chi connectivity index (χ2v) is 6.58. The van der Waals surface area contributed by atoms with Gasteiger partial charge in [0.15, 0.2) is 11.5 Å². The minimum atomic E-state index is -0.174. The van der Waals surface area contributed by atoms with E-state index in [0.29, 0.717) is 36.9 Å². The number of nitrogens with one attached hydrogen (secondary N) is 1. The van der Waals surface area contributed by atoms with Crippen LogP contribution in [-0.4, -0.2) is 47.7 Å². The van der Waals surface area contributed by atoms with Gasteiger partial charge in [0.05, 0.1) is 25.0 Å². The van der Waals surface area contributed by atoms with Crippen molar-refractivity contribution in [3.8, 4) is 22.9 Å². The molecule has 1 aliphatic heterocycles. The molecule has 1 aromatic heterocycles. The number of rotatable bonds is 7. The highest BCUT2D eigenvalue weighted by molar-refractivity contribution is 5.73. The van der Waals surface area contributed by atoms with E-state index in [1.165, 1.54) is 0 Å². The van der Waals surface area contributed by atoms with E-state index in [9.17, 15) is 4.79 Å². The van der Waals surface area contributed by atoms with E-state index in [0.717, 1.165) is 11.3 Å². The molecule has 150 valence electrons. The minimum Gasteiger partial charge on any atom is -0.492 e. The van der Waals surface area contributed by atoms with Gasteiger partial charge in [-0.3, -0.25) is 0 Å². The van der Waals surface area contributed by atoms with Crippen LogP contribution >= 0.6 is 0 Å². The summed E-state index contributed by atoms with van der Waals surface area (Å²) in [5.74, 6) is 2.05. The van der Waals surface area contributed by atoms with Crippen molar-refractivity contribution in [3.05, 3.63) is 66.5 Å². The van der Waals surface area contributed by atoms with Gasteiger partial charge in [-0.05, 0) is 24.3 Å². The number of fused-ring (bicyclic) bond motifs is 1. The molecule has 0 saturated carbocycles. The molecule has 8 nitrogen and oxygen atoms in total. The standard InChI is InChI=1S/C21H22N4O4/c1-24(13-16-12-23-25(14-16)17-5-3-2-4-6-17)21(26)22-9-10-27-18-7-8-19-20(11-18)29-15-28-19/h2-8,11-12,14H,9-10,13,15H2,1H3,(H,22,26). The third-order valence-corrected chi connectivity index (χ3v) is 4.41. The van der Waals surface area contributed by atoms with Crippen LogP contribution in [0.25, 0.3) is 5.69 Å². The first-order valence-corrected chi connectivity index (χ1v) is 9.29. The van der Waals surface area contributed by atoms with Crippen LogP contribution in [0.1, 0.15) is 5.56 Å². The van der Waals surface area contributed by atoms with Gasteiger partial charge in [-0.1, -0.05) is 18.2 Å². The second kappa shape index (κ2) is 8.55. The Bertz CT molecular complexity index is 974. The summed E-state index contributed by atoms with van der Waals surface area (Å²) in [4.78, 5) is 13.9. The molecule has 3 aromatic rings. The van der Waals surface area contributed by atoms with E-state index in [4.69, 9.17) is 14.2 Å². The molecule has 1 N–H and O–H groups in total. The molecular weight excluding hydrogens is 372 g/mol. The Labute approximate surface area is 168 Å². The number of urea groups is 1. The van der Waals surface area contributed by atoms with E-state index in [-0.39, 0.29) is 12.8 Å². The first kappa shape index (κ1) is 18.7. The summed E-state index contributed by atoms with van der Waals surface area (Å²) < 4.78 is 18.0. The fourth-order valence-electron chi connectivity index (χ4n) is 2.94. The lowest BCUT2D eigenvalue weighted by atomic mass is 10.3. The normalized spacial score (nSPS) is 11.9. The SMILES string of the molecule is CN(Cc1cnn(-c2ccccc2)c1)C(=O)NCCOc1ccc2c(c1)OCO2. The number of ether oxygens (including phenoxy) is 3. The van der Waals surface area contributed by atoms with E-state index in [1.54, 1.807) is 35.0 Å².